The van der Waals surface area contributed by atoms with Crippen molar-refractivity contribution in [2.24, 2.45) is 17.8 Å². The number of unbranched alkanes of at least 4 members (excludes halogenated alkanes) is 1. The van der Waals surface area contributed by atoms with Crippen LogP contribution in [0.25, 0.3) is 0 Å². The molecule has 0 amide bonds. The molecule has 0 aliphatic carbocycles. The van der Waals surface area contributed by atoms with Gasteiger partial charge in [0, 0.05) is 0 Å². The van der Waals surface area contributed by atoms with Crippen molar-refractivity contribution in [3.63, 3.8) is 0 Å². The van der Waals surface area contributed by atoms with Crippen LogP contribution in [0.5, 0.6) is 0 Å². The molecule has 0 saturated carbocycles. The summed E-state index contributed by atoms with van der Waals surface area (Å²) < 4.78 is 0. The summed E-state index contributed by atoms with van der Waals surface area (Å²) in [4.78, 5) is 11.0. The Labute approximate surface area is 87.0 Å². The lowest BCUT2D eigenvalue weighted by atomic mass is 9.82. The number of rotatable bonds is 7. The number of carboxylic acid groups (broad SMARTS) is 1. The van der Waals surface area contributed by atoms with Crippen molar-refractivity contribution < 1.29 is 9.90 Å². The molecule has 0 bridgehead atoms. The van der Waals surface area contributed by atoms with E-state index in [-0.39, 0.29) is 17.8 Å². The van der Waals surface area contributed by atoms with E-state index < -0.39 is 5.97 Å². The van der Waals surface area contributed by atoms with Crippen LogP contribution in [0.1, 0.15) is 40.0 Å². The summed E-state index contributed by atoms with van der Waals surface area (Å²) >= 11 is 0. The maximum Gasteiger partial charge on any atom is 0.307 e. The van der Waals surface area contributed by atoms with Crippen molar-refractivity contribution in [1.82, 2.24) is 0 Å². The quantitative estimate of drug-likeness (QED) is 0.503. The molecule has 14 heavy (non-hydrogen) atoms. The summed E-state index contributed by atoms with van der Waals surface area (Å²) in [5.74, 6) is -0.399. The lowest BCUT2D eigenvalue weighted by Crippen LogP contribution is -2.26. The van der Waals surface area contributed by atoms with Crippen molar-refractivity contribution >= 4 is 5.97 Å². The van der Waals surface area contributed by atoms with E-state index in [1.165, 1.54) is 0 Å². The first kappa shape index (κ1) is 13.2. The minimum Gasteiger partial charge on any atom is -0.481 e. The fraction of sp³-hybridized carbons (Fsp3) is 0.750. The number of aliphatic carboxylic acids is 1. The topological polar surface area (TPSA) is 37.3 Å². The van der Waals surface area contributed by atoms with Gasteiger partial charge in [-0.25, -0.2) is 0 Å². The monoisotopic (exact) mass is 198 g/mol. The van der Waals surface area contributed by atoms with Crippen LogP contribution < -0.4 is 0 Å². The second kappa shape index (κ2) is 6.63. The van der Waals surface area contributed by atoms with Gasteiger partial charge in [0.2, 0.25) is 0 Å². The SMILES string of the molecule is C=CCCCC(C)C(C(=O)O)C(C)C. The normalized spacial score (nSPS) is 15.1. The summed E-state index contributed by atoms with van der Waals surface area (Å²) in [6.45, 7) is 9.64. The number of hydrogen-bond acceptors (Lipinski definition) is 1. The fourth-order valence-corrected chi connectivity index (χ4v) is 1.95. The van der Waals surface area contributed by atoms with Crippen LogP contribution >= 0.6 is 0 Å². The number of hydrogen-bond donors (Lipinski definition) is 1. The largest absolute Gasteiger partial charge is 0.481 e. The van der Waals surface area contributed by atoms with E-state index in [1.54, 1.807) is 0 Å². The summed E-state index contributed by atoms with van der Waals surface area (Å²) in [5.41, 5.74) is 0. The van der Waals surface area contributed by atoms with Crippen molar-refractivity contribution in [2.75, 3.05) is 0 Å². The minimum absolute atomic E-state index is 0.209. The van der Waals surface area contributed by atoms with Crippen molar-refractivity contribution in [3.8, 4) is 0 Å². The Bertz CT molecular complexity index is 185. The highest BCUT2D eigenvalue weighted by Gasteiger charge is 2.27. The molecule has 0 heterocycles. The van der Waals surface area contributed by atoms with Gasteiger partial charge in [0.15, 0.2) is 0 Å². The van der Waals surface area contributed by atoms with E-state index in [2.05, 4.69) is 6.58 Å². The Hall–Kier alpha value is -0.790. The smallest absolute Gasteiger partial charge is 0.307 e. The first-order chi connectivity index (χ1) is 6.50. The summed E-state index contributed by atoms with van der Waals surface area (Å²) in [7, 11) is 0. The lowest BCUT2D eigenvalue weighted by Gasteiger charge is -2.23. The van der Waals surface area contributed by atoms with E-state index in [9.17, 15) is 4.79 Å². The molecule has 0 radical (unpaired) electrons. The van der Waals surface area contributed by atoms with Crippen LogP contribution in [0, 0.1) is 17.8 Å². The second-order valence-corrected chi connectivity index (χ2v) is 4.30. The van der Waals surface area contributed by atoms with Gasteiger partial charge in [0.1, 0.15) is 0 Å². The maximum absolute atomic E-state index is 11.0. The molecule has 0 aromatic carbocycles. The van der Waals surface area contributed by atoms with Crippen LogP contribution in [-0.2, 0) is 4.79 Å². The van der Waals surface area contributed by atoms with Gasteiger partial charge in [-0.1, -0.05) is 26.8 Å². The molecule has 0 aromatic rings. The molecule has 2 heteroatoms. The lowest BCUT2D eigenvalue weighted by molar-refractivity contribution is -0.145. The Balaban J connectivity index is 4.08. The summed E-state index contributed by atoms with van der Waals surface area (Å²) in [5, 5.41) is 9.05. The molecule has 82 valence electrons. The molecule has 0 aliphatic heterocycles. The van der Waals surface area contributed by atoms with E-state index in [4.69, 9.17) is 5.11 Å². The van der Waals surface area contributed by atoms with Gasteiger partial charge in [-0.3, -0.25) is 4.79 Å². The Morgan fingerprint density at radius 3 is 2.36 bits per heavy atom. The number of allylic oxidation sites excluding steroid dienone is 1. The highest BCUT2D eigenvalue weighted by Crippen LogP contribution is 2.25. The third kappa shape index (κ3) is 4.45. The zero-order chi connectivity index (χ0) is 11.1. The van der Waals surface area contributed by atoms with Gasteiger partial charge in [0.25, 0.3) is 0 Å². The molecule has 0 saturated heterocycles. The third-order valence-corrected chi connectivity index (χ3v) is 2.68. The van der Waals surface area contributed by atoms with Gasteiger partial charge in [0.05, 0.1) is 5.92 Å². The first-order valence-corrected chi connectivity index (χ1v) is 5.34. The second-order valence-electron chi connectivity index (χ2n) is 4.30. The van der Waals surface area contributed by atoms with Gasteiger partial charge in [-0.2, -0.15) is 0 Å². The average Bonchev–Trinajstić information content (AvgIpc) is 2.03. The van der Waals surface area contributed by atoms with Gasteiger partial charge in [-0.15, -0.1) is 6.58 Å². The molecule has 0 aromatic heterocycles. The highest BCUT2D eigenvalue weighted by atomic mass is 16.4. The third-order valence-electron chi connectivity index (χ3n) is 2.68. The fourth-order valence-electron chi connectivity index (χ4n) is 1.95. The molecule has 2 nitrogen and oxygen atoms in total. The van der Waals surface area contributed by atoms with Gasteiger partial charge < -0.3 is 5.11 Å². The first-order valence-electron chi connectivity index (χ1n) is 5.34. The molecule has 1 N–H and O–H groups in total. The maximum atomic E-state index is 11.0. The number of carboxylic acids is 1. The zero-order valence-corrected chi connectivity index (χ0v) is 9.49. The Morgan fingerprint density at radius 2 is 2.00 bits per heavy atom. The summed E-state index contributed by atoms with van der Waals surface area (Å²) in [6.07, 6.45) is 4.88. The molecular weight excluding hydrogens is 176 g/mol. The van der Waals surface area contributed by atoms with E-state index in [0.717, 1.165) is 19.3 Å². The molecule has 2 atom stereocenters. The van der Waals surface area contributed by atoms with Crippen LogP contribution in [0.2, 0.25) is 0 Å². The van der Waals surface area contributed by atoms with Crippen LogP contribution in [0.3, 0.4) is 0 Å². The van der Waals surface area contributed by atoms with Crippen LogP contribution in [0.4, 0.5) is 0 Å². The van der Waals surface area contributed by atoms with Crippen LogP contribution in [0.15, 0.2) is 12.7 Å². The predicted octanol–water partition coefficient (Wildman–Crippen LogP) is 3.34. The van der Waals surface area contributed by atoms with E-state index >= 15 is 0 Å². The highest BCUT2D eigenvalue weighted by molar-refractivity contribution is 5.70. The average molecular weight is 198 g/mol. The predicted molar refractivity (Wildman–Crippen MR) is 59.2 cm³/mol. The number of carbonyl (C=O) groups is 1. The Kier molecular flexibility index (Phi) is 6.26. The minimum atomic E-state index is -0.661. The molecule has 0 rings (SSSR count). The summed E-state index contributed by atoms with van der Waals surface area (Å²) in [6, 6.07) is 0. The van der Waals surface area contributed by atoms with Gasteiger partial charge in [-0.05, 0) is 31.1 Å². The van der Waals surface area contributed by atoms with E-state index in [1.807, 2.05) is 26.8 Å². The molecule has 2 unspecified atom stereocenters. The molecule has 0 fully saturated rings. The van der Waals surface area contributed by atoms with Crippen molar-refractivity contribution in [1.29, 1.82) is 0 Å². The van der Waals surface area contributed by atoms with Crippen LogP contribution in [-0.4, -0.2) is 11.1 Å². The molecule has 0 aliphatic rings. The van der Waals surface area contributed by atoms with Crippen molar-refractivity contribution in [2.45, 2.75) is 40.0 Å². The zero-order valence-electron chi connectivity index (χ0n) is 9.49. The van der Waals surface area contributed by atoms with Gasteiger partial charge >= 0.3 is 5.97 Å². The van der Waals surface area contributed by atoms with E-state index in [0.29, 0.717) is 0 Å². The standard InChI is InChI=1S/C12H22O2/c1-5-6-7-8-10(4)11(9(2)3)12(13)14/h5,9-11H,1,6-8H2,2-4H3,(H,13,14). The Morgan fingerprint density at radius 1 is 1.43 bits per heavy atom. The molecular formula is C12H22O2. The van der Waals surface area contributed by atoms with Crippen molar-refractivity contribution in [3.05, 3.63) is 12.7 Å². The molecule has 0 spiro atoms.